The summed E-state index contributed by atoms with van der Waals surface area (Å²) in [5.74, 6) is -0.111. The van der Waals surface area contributed by atoms with Crippen molar-refractivity contribution in [2.45, 2.75) is 19.3 Å². The Morgan fingerprint density at radius 2 is 2.14 bits per heavy atom. The number of benzene rings is 1. The van der Waals surface area contributed by atoms with Gasteiger partial charge in [0, 0.05) is 4.92 Å². The zero-order valence-electron chi connectivity index (χ0n) is 12.3. The molecule has 3 heteroatoms. The van der Waals surface area contributed by atoms with Crippen LogP contribution in [0.4, 0.5) is 0 Å². The smallest absolute Gasteiger partial charge is 0.213 e. The van der Waals surface area contributed by atoms with E-state index in [0.29, 0.717) is 0 Å². The third-order valence-corrected chi connectivity index (χ3v) is 4.71. The molecule has 3 aliphatic rings. The van der Waals surface area contributed by atoms with E-state index in [-0.39, 0.29) is 17.4 Å². The van der Waals surface area contributed by atoms with Gasteiger partial charge in [0.05, 0.1) is 5.92 Å². The summed E-state index contributed by atoms with van der Waals surface area (Å²) in [5.41, 5.74) is 5.32. The highest BCUT2D eigenvalue weighted by molar-refractivity contribution is 5.82. The van der Waals surface area contributed by atoms with E-state index in [1.807, 2.05) is 12.2 Å². The average Bonchev–Trinajstić information content (AvgIpc) is 2.53. The van der Waals surface area contributed by atoms with Gasteiger partial charge in [0.15, 0.2) is 0 Å². The number of nitro groups is 1. The van der Waals surface area contributed by atoms with Crippen LogP contribution in [0.2, 0.25) is 0 Å². The molecule has 0 radical (unpaired) electrons. The van der Waals surface area contributed by atoms with Crippen LogP contribution in [0.5, 0.6) is 0 Å². The van der Waals surface area contributed by atoms with E-state index in [1.165, 1.54) is 27.5 Å². The Balaban J connectivity index is 1.89. The normalized spacial score (nSPS) is 21.4. The predicted octanol–water partition coefficient (Wildman–Crippen LogP) is 2.67. The monoisotopic (exact) mass is 291 g/mol. The van der Waals surface area contributed by atoms with Gasteiger partial charge in [0.1, 0.15) is 0 Å². The highest BCUT2D eigenvalue weighted by Gasteiger charge is 2.18. The summed E-state index contributed by atoms with van der Waals surface area (Å²) in [5, 5.41) is 13.2. The van der Waals surface area contributed by atoms with Crippen LogP contribution >= 0.6 is 0 Å². The molecule has 0 heterocycles. The number of hydrogen-bond acceptors (Lipinski definition) is 2. The first-order valence-electron chi connectivity index (χ1n) is 7.76. The molecule has 1 atom stereocenters. The molecule has 1 unspecified atom stereocenters. The number of hydrogen-bond donors (Lipinski definition) is 0. The average molecular weight is 291 g/mol. The molecular weight excluding hydrogens is 274 g/mol. The van der Waals surface area contributed by atoms with Crippen LogP contribution in [0, 0.1) is 16.0 Å². The first-order chi connectivity index (χ1) is 10.7. The summed E-state index contributed by atoms with van der Waals surface area (Å²) in [6, 6.07) is 4.33. The molecule has 0 saturated carbocycles. The second-order valence-electron chi connectivity index (χ2n) is 6.10. The Hall–Kier alpha value is -2.42. The van der Waals surface area contributed by atoms with Crippen molar-refractivity contribution in [2.24, 2.45) is 5.92 Å². The fourth-order valence-electron chi connectivity index (χ4n) is 3.65. The highest BCUT2D eigenvalue weighted by Crippen LogP contribution is 2.30. The topological polar surface area (TPSA) is 43.1 Å². The van der Waals surface area contributed by atoms with E-state index >= 15 is 0 Å². The van der Waals surface area contributed by atoms with Gasteiger partial charge >= 0.3 is 0 Å². The van der Waals surface area contributed by atoms with Crippen molar-refractivity contribution in [3.05, 3.63) is 67.6 Å². The Morgan fingerprint density at radius 1 is 1.23 bits per heavy atom. The zero-order valence-corrected chi connectivity index (χ0v) is 12.3. The molecule has 22 heavy (non-hydrogen) atoms. The minimum absolute atomic E-state index is 0.0343. The van der Waals surface area contributed by atoms with E-state index in [0.717, 1.165) is 24.5 Å². The Bertz CT molecular complexity index is 871. The molecule has 1 aromatic rings. The van der Waals surface area contributed by atoms with E-state index < -0.39 is 0 Å². The molecule has 3 aliphatic carbocycles. The zero-order chi connectivity index (χ0) is 15.1. The quantitative estimate of drug-likeness (QED) is 0.621. The van der Waals surface area contributed by atoms with E-state index in [9.17, 15) is 10.1 Å². The molecule has 0 spiro atoms. The van der Waals surface area contributed by atoms with Gasteiger partial charge in [-0.15, -0.1) is 0 Å². The molecule has 0 aliphatic heterocycles. The van der Waals surface area contributed by atoms with Crippen molar-refractivity contribution in [1.29, 1.82) is 0 Å². The summed E-state index contributed by atoms with van der Waals surface area (Å²) in [4.78, 5) is 10.5. The molecule has 110 valence electrons. The molecule has 1 aromatic carbocycles. The van der Waals surface area contributed by atoms with Crippen LogP contribution in [0.15, 0.2) is 35.9 Å². The van der Waals surface area contributed by atoms with Crippen LogP contribution < -0.4 is 10.4 Å². The maximum Gasteiger partial charge on any atom is 0.213 e. The van der Waals surface area contributed by atoms with Crippen molar-refractivity contribution < 1.29 is 4.92 Å². The molecular formula is C19H17NO2. The van der Waals surface area contributed by atoms with Gasteiger partial charge in [-0.25, -0.2) is 0 Å². The van der Waals surface area contributed by atoms with E-state index in [4.69, 9.17) is 0 Å². The summed E-state index contributed by atoms with van der Waals surface area (Å²) in [6.07, 6.45) is 16.1. The van der Waals surface area contributed by atoms with Crippen molar-refractivity contribution in [3.63, 3.8) is 0 Å². The van der Waals surface area contributed by atoms with Crippen molar-refractivity contribution >= 4 is 23.8 Å². The van der Waals surface area contributed by atoms with Crippen LogP contribution in [-0.2, 0) is 0 Å². The van der Waals surface area contributed by atoms with E-state index in [2.05, 4.69) is 36.4 Å². The maximum atomic E-state index is 10.8. The molecule has 0 bridgehead atoms. The fraction of sp³-hybridized carbons (Fsp3) is 0.263. The first-order valence-corrected chi connectivity index (χ1v) is 7.76. The van der Waals surface area contributed by atoms with Gasteiger partial charge in [-0.2, -0.15) is 0 Å². The lowest BCUT2D eigenvalue weighted by Gasteiger charge is -2.21. The van der Waals surface area contributed by atoms with Crippen molar-refractivity contribution in [3.8, 4) is 0 Å². The Morgan fingerprint density at radius 3 is 3.00 bits per heavy atom. The summed E-state index contributed by atoms with van der Waals surface area (Å²) in [6.45, 7) is -0.0343. The molecule has 0 aromatic heterocycles. The van der Waals surface area contributed by atoms with Crippen LogP contribution in [0.25, 0.3) is 23.8 Å². The molecule has 0 fully saturated rings. The molecule has 4 rings (SSSR count). The van der Waals surface area contributed by atoms with Gasteiger partial charge in [0.25, 0.3) is 0 Å². The maximum absolute atomic E-state index is 10.8. The van der Waals surface area contributed by atoms with Crippen molar-refractivity contribution in [2.75, 3.05) is 6.54 Å². The molecule has 0 amide bonds. The second kappa shape index (κ2) is 5.09. The first kappa shape index (κ1) is 13.3. The van der Waals surface area contributed by atoms with Crippen LogP contribution in [0.3, 0.4) is 0 Å². The summed E-state index contributed by atoms with van der Waals surface area (Å²) >= 11 is 0. The lowest BCUT2D eigenvalue weighted by atomic mass is 9.83. The predicted molar refractivity (Wildman–Crippen MR) is 88.9 cm³/mol. The highest BCUT2D eigenvalue weighted by atomic mass is 16.6. The Labute approximate surface area is 128 Å². The standard InChI is InChI=1S/C19H17NO2/c21-20(22)12-13-5-6-15-8-9-17-16-4-2-1-3-14(16)7-10-18(17)19(15)11-13/h2,4-6,8-11,13H,1,3,7,12H2. The number of rotatable bonds is 2. The van der Waals surface area contributed by atoms with E-state index in [1.54, 1.807) is 0 Å². The molecule has 3 nitrogen and oxygen atoms in total. The van der Waals surface area contributed by atoms with Crippen LogP contribution in [-0.4, -0.2) is 11.5 Å². The summed E-state index contributed by atoms with van der Waals surface area (Å²) < 4.78 is 0. The number of nitrogens with zero attached hydrogens (tertiary/aromatic N) is 1. The number of allylic oxidation sites excluding steroid dienone is 4. The third-order valence-electron chi connectivity index (χ3n) is 4.71. The number of fused-ring (bicyclic) bond motifs is 4. The lowest BCUT2D eigenvalue weighted by molar-refractivity contribution is -0.483. The summed E-state index contributed by atoms with van der Waals surface area (Å²) in [7, 11) is 0. The lowest BCUT2D eigenvalue weighted by Crippen LogP contribution is -2.35. The minimum Gasteiger partial charge on any atom is -0.265 e. The second-order valence-corrected chi connectivity index (χ2v) is 6.10. The fourth-order valence-corrected chi connectivity index (χ4v) is 3.65. The minimum atomic E-state index is -0.236. The van der Waals surface area contributed by atoms with Gasteiger partial charge in [-0.3, -0.25) is 10.1 Å². The van der Waals surface area contributed by atoms with Gasteiger partial charge in [-0.05, 0) is 46.4 Å². The SMILES string of the molecule is O=[N+]([O-])CC1C=Cc2ccc3c(c2=C1)=CCC1=C3C=CCC1. The van der Waals surface area contributed by atoms with Crippen LogP contribution in [0.1, 0.15) is 30.4 Å². The van der Waals surface area contributed by atoms with Gasteiger partial charge in [-0.1, -0.05) is 54.2 Å². The third kappa shape index (κ3) is 2.13. The largest absolute Gasteiger partial charge is 0.265 e. The van der Waals surface area contributed by atoms with Gasteiger partial charge in [0.2, 0.25) is 6.54 Å². The Kier molecular flexibility index (Phi) is 3.07. The molecule has 0 saturated heterocycles. The molecule has 0 N–H and O–H groups in total. The van der Waals surface area contributed by atoms with Crippen molar-refractivity contribution in [1.82, 2.24) is 0 Å². The van der Waals surface area contributed by atoms with Gasteiger partial charge < -0.3 is 0 Å².